The fraction of sp³-hybridized carbons (Fsp3) is 0.786. The molecule has 1 N–H and O–H groups in total. The van der Waals surface area contributed by atoms with Crippen LogP contribution in [0.25, 0.3) is 0 Å². The maximum atomic E-state index is 4.59. The molecular weight excluding hydrogens is 228 g/mol. The first kappa shape index (κ1) is 13.0. The van der Waals surface area contributed by atoms with Gasteiger partial charge in [0.15, 0.2) is 0 Å². The summed E-state index contributed by atoms with van der Waals surface area (Å²) in [6, 6.07) is 0.641. The van der Waals surface area contributed by atoms with Crippen LogP contribution in [-0.4, -0.2) is 17.6 Å². The van der Waals surface area contributed by atoms with Crippen LogP contribution in [0.5, 0.6) is 0 Å². The van der Waals surface area contributed by atoms with Crippen LogP contribution in [-0.2, 0) is 6.42 Å². The van der Waals surface area contributed by atoms with Crippen molar-refractivity contribution in [2.75, 3.05) is 6.54 Å². The van der Waals surface area contributed by atoms with E-state index < -0.39 is 0 Å². The number of hydrogen-bond acceptors (Lipinski definition) is 3. The molecule has 0 radical (unpaired) electrons. The third-order valence-electron chi connectivity index (χ3n) is 3.65. The highest BCUT2D eigenvalue weighted by Crippen LogP contribution is 2.31. The number of aromatic nitrogens is 1. The highest BCUT2D eigenvalue weighted by Gasteiger charge is 2.22. The van der Waals surface area contributed by atoms with Crippen LogP contribution in [0.1, 0.15) is 49.7 Å². The molecule has 1 aliphatic rings. The Labute approximate surface area is 109 Å². The van der Waals surface area contributed by atoms with Crippen molar-refractivity contribution in [2.45, 2.75) is 58.4 Å². The molecule has 1 unspecified atom stereocenters. The van der Waals surface area contributed by atoms with Gasteiger partial charge in [0.1, 0.15) is 0 Å². The zero-order valence-corrected chi connectivity index (χ0v) is 11.9. The second kappa shape index (κ2) is 6.50. The Bertz CT molecular complexity index is 331. The Balaban J connectivity index is 1.84. The minimum atomic E-state index is 0.641. The summed E-state index contributed by atoms with van der Waals surface area (Å²) in [4.78, 5) is 4.59. The van der Waals surface area contributed by atoms with Crippen molar-refractivity contribution in [1.29, 1.82) is 0 Å². The van der Waals surface area contributed by atoms with Gasteiger partial charge < -0.3 is 5.32 Å². The Hall–Kier alpha value is -0.410. The van der Waals surface area contributed by atoms with Crippen LogP contribution in [0.15, 0.2) is 5.38 Å². The van der Waals surface area contributed by atoms with Crippen molar-refractivity contribution < 1.29 is 0 Å². The van der Waals surface area contributed by atoms with Gasteiger partial charge in [0.05, 0.1) is 10.7 Å². The zero-order chi connectivity index (χ0) is 12.1. The van der Waals surface area contributed by atoms with E-state index in [1.165, 1.54) is 42.8 Å². The first-order valence-electron chi connectivity index (χ1n) is 6.92. The Morgan fingerprint density at radius 3 is 2.88 bits per heavy atom. The molecule has 0 bridgehead atoms. The maximum Gasteiger partial charge on any atom is 0.0897 e. The molecule has 96 valence electrons. The largest absolute Gasteiger partial charge is 0.314 e. The molecule has 1 heterocycles. The summed E-state index contributed by atoms with van der Waals surface area (Å²) in [5.41, 5.74) is 1.28. The standard InChI is InChI=1S/C14H24N2S/c1-3-7-15-13(8-12-5-4-6-12)9-14-10-17-11(2)16-14/h10,12-13,15H,3-9H2,1-2H3. The maximum absolute atomic E-state index is 4.59. The quantitative estimate of drug-likeness (QED) is 0.802. The third-order valence-corrected chi connectivity index (χ3v) is 4.47. The molecule has 1 fully saturated rings. The lowest BCUT2D eigenvalue weighted by atomic mass is 9.80. The van der Waals surface area contributed by atoms with Gasteiger partial charge in [0.2, 0.25) is 0 Å². The fourth-order valence-corrected chi connectivity index (χ4v) is 3.10. The van der Waals surface area contributed by atoms with Crippen molar-refractivity contribution in [3.05, 3.63) is 16.1 Å². The van der Waals surface area contributed by atoms with Crippen molar-refractivity contribution in [2.24, 2.45) is 5.92 Å². The van der Waals surface area contributed by atoms with Crippen LogP contribution >= 0.6 is 11.3 Å². The van der Waals surface area contributed by atoms with Gasteiger partial charge >= 0.3 is 0 Å². The van der Waals surface area contributed by atoms with Crippen LogP contribution < -0.4 is 5.32 Å². The fourth-order valence-electron chi connectivity index (χ4n) is 2.47. The lowest BCUT2D eigenvalue weighted by Gasteiger charge is -2.30. The van der Waals surface area contributed by atoms with E-state index in [1.807, 2.05) is 0 Å². The monoisotopic (exact) mass is 252 g/mol. The molecule has 0 aromatic carbocycles. The van der Waals surface area contributed by atoms with Crippen molar-refractivity contribution in [3.8, 4) is 0 Å². The highest BCUT2D eigenvalue weighted by molar-refractivity contribution is 7.09. The molecule has 1 atom stereocenters. The average Bonchev–Trinajstić information content (AvgIpc) is 2.65. The molecule has 17 heavy (non-hydrogen) atoms. The van der Waals surface area contributed by atoms with E-state index in [0.29, 0.717) is 6.04 Å². The first-order valence-corrected chi connectivity index (χ1v) is 7.80. The predicted molar refractivity (Wildman–Crippen MR) is 74.6 cm³/mol. The second-order valence-electron chi connectivity index (χ2n) is 5.25. The summed E-state index contributed by atoms with van der Waals surface area (Å²) in [5, 5.41) is 7.10. The summed E-state index contributed by atoms with van der Waals surface area (Å²) in [7, 11) is 0. The smallest absolute Gasteiger partial charge is 0.0897 e. The Morgan fingerprint density at radius 2 is 2.35 bits per heavy atom. The molecule has 1 aromatic rings. The van der Waals surface area contributed by atoms with Gasteiger partial charge in [0, 0.05) is 17.8 Å². The van der Waals surface area contributed by atoms with Gasteiger partial charge in [-0.15, -0.1) is 11.3 Å². The summed E-state index contributed by atoms with van der Waals surface area (Å²) >= 11 is 1.77. The average molecular weight is 252 g/mol. The van der Waals surface area contributed by atoms with E-state index >= 15 is 0 Å². The number of hydrogen-bond donors (Lipinski definition) is 1. The zero-order valence-electron chi connectivity index (χ0n) is 11.0. The lowest BCUT2D eigenvalue weighted by molar-refractivity contribution is 0.258. The minimum absolute atomic E-state index is 0.641. The molecule has 0 spiro atoms. The first-order chi connectivity index (χ1) is 8.28. The summed E-state index contributed by atoms with van der Waals surface area (Å²) in [6.07, 6.45) is 8.01. The molecule has 0 aliphatic heterocycles. The minimum Gasteiger partial charge on any atom is -0.314 e. The SMILES string of the molecule is CCCNC(Cc1csc(C)n1)CC1CCC1. The molecule has 3 heteroatoms. The van der Waals surface area contributed by atoms with Crippen LogP contribution in [0.2, 0.25) is 0 Å². The Morgan fingerprint density at radius 1 is 1.53 bits per heavy atom. The van der Waals surface area contributed by atoms with E-state index in [1.54, 1.807) is 11.3 Å². The molecule has 1 aliphatic carbocycles. The molecule has 1 saturated carbocycles. The lowest BCUT2D eigenvalue weighted by Crippen LogP contribution is -2.35. The van der Waals surface area contributed by atoms with E-state index in [4.69, 9.17) is 0 Å². The van der Waals surface area contributed by atoms with Crippen LogP contribution in [0, 0.1) is 12.8 Å². The molecule has 0 saturated heterocycles. The van der Waals surface area contributed by atoms with E-state index in [0.717, 1.165) is 18.9 Å². The number of aryl methyl sites for hydroxylation is 1. The normalized spacial score (nSPS) is 18.0. The summed E-state index contributed by atoms with van der Waals surface area (Å²) in [5.74, 6) is 0.976. The topological polar surface area (TPSA) is 24.9 Å². The summed E-state index contributed by atoms with van der Waals surface area (Å²) < 4.78 is 0. The van der Waals surface area contributed by atoms with Gasteiger partial charge in [-0.1, -0.05) is 26.2 Å². The highest BCUT2D eigenvalue weighted by atomic mass is 32.1. The van der Waals surface area contributed by atoms with Crippen LogP contribution in [0.3, 0.4) is 0 Å². The van der Waals surface area contributed by atoms with Crippen molar-refractivity contribution >= 4 is 11.3 Å². The van der Waals surface area contributed by atoms with E-state index in [9.17, 15) is 0 Å². The third kappa shape index (κ3) is 4.07. The second-order valence-corrected chi connectivity index (χ2v) is 6.31. The van der Waals surface area contributed by atoms with Gasteiger partial charge in [-0.25, -0.2) is 4.98 Å². The number of rotatable bonds is 7. The molecular formula is C14H24N2S. The van der Waals surface area contributed by atoms with Gasteiger partial charge in [-0.2, -0.15) is 0 Å². The molecule has 2 rings (SSSR count). The molecule has 1 aromatic heterocycles. The molecule has 2 nitrogen and oxygen atoms in total. The van der Waals surface area contributed by atoms with Crippen molar-refractivity contribution in [1.82, 2.24) is 10.3 Å². The van der Waals surface area contributed by atoms with E-state index in [2.05, 4.69) is 29.5 Å². The number of nitrogens with zero attached hydrogens (tertiary/aromatic N) is 1. The number of nitrogens with one attached hydrogen (secondary N) is 1. The van der Waals surface area contributed by atoms with Crippen molar-refractivity contribution in [3.63, 3.8) is 0 Å². The Kier molecular flexibility index (Phi) is 4.99. The van der Waals surface area contributed by atoms with Crippen LogP contribution in [0.4, 0.5) is 0 Å². The van der Waals surface area contributed by atoms with Gasteiger partial charge in [-0.05, 0) is 32.2 Å². The van der Waals surface area contributed by atoms with Gasteiger partial charge in [-0.3, -0.25) is 0 Å². The van der Waals surface area contributed by atoms with E-state index in [-0.39, 0.29) is 0 Å². The summed E-state index contributed by atoms with van der Waals surface area (Å²) in [6.45, 7) is 5.47. The van der Waals surface area contributed by atoms with Gasteiger partial charge in [0.25, 0.3) is 0 Å². The predicted octanol–water partition coefficient (Wildman–Crippen LogP) is 3.55. The molecule has 0 amide bonds. The number of thiazole rings is 1.